The molecule has 0 heterocycles. The average Bonchev–Trinajstić information content (AvgIpc) is 2.44. The second-order valence-corrected chi connectivity index (χ2v) is 4.52. The van der Waals surface area contributed by atoms with Crippen molar-refractivity contribution in [1.29, 1.82) is 0 Å². The number of ketones is 1. The largest absolute Gasteiger partial charge is 0.493 e. The first-order valence-electron chi connectivity index (χ1n) is 5.99. The minimum absolute atomic E-state index is 0.0356. The van der Waals surface area contributed by atoms with Gasteiger partial charge in [-0.05, 0) is 24.6 Å². The number of carbonyl (C=O) groups is 1. The van der Waals surface area contributed by atoms with Gasteiger partial charge in [-0.25, -0.2) is 0 Å². The molecule has 1 atom stereocenters. The lowest BCUT2D eigenvalue weighted by Crippen LogP contribution is -2.35. The predicted octanol–water partition coefficient (Wildman–Crippen LogP) is 2.26. The average molecular weight is 251 g/mol. The summed E-state index contributed by atoms with van der Waals surface area (Å²) >= 11 is 0. The Bertz CT molecular complexity index is 425. The maximum atomic E-state index is 12.4. The van der Waals surface area contributed by atoms with Gasteiger partial charge in [0.25, 0.3) is 0 Å². The molecule has 4 nitrogen and oxygen atoms in total. The fourth-order valence-electron chi connectivity index (χ4n) is 1.72. The Balaban J connectivity index is 3.14. The van der Waals surface area contributed by atoms with Gasteiger partial charge < -0.3 is 15.2 Å². The number of nitrogens with two attached hydrogens (primary N) is 1. The lowest BCUT2D eigenvalue weighted by molar-refractivity contribution is 0.0820. The summed E-state index contributed by atoms with van der Waals surface area (Å²) in [4.78, 5) is 12.4. The van der Waals surface area contributed by atoms with Crippen LogP contribution in [0.15, 0.2) is 18.2 Å². The highest BCUT2D eigenvalue weighted by Gasteiger charge is 2.30. The summed E-state index contributed by atoms with van der Waals surface area (Å²) in [6, 6.07) is 5.18. The Morgan fingerprint density at radius 1 is 1.28 bits per heavy atom. The second-order valence-electron chi connectivity index (χ2n) is 4.52. The molecule has 0 radical (unpaired) electrons. The molecule has 100 valence electrons. The fourth-order valence-corrected chi connectivity index (χ4v) is 1.72. The van der Waals surface area contributed by atoms with Crippen LogP contribution in [0.4, 0.5) is 0 Å². The third-order valence-corrected chi connectivity index (χ3v) is 3.42. The molecule has 0 aliphatic carbocycles. The SMILES string of the molecule is CCC(C)(CN)C(=O)c1ccc(OC)c(OC)c1. The molecular weight excluding hydrogens is 230 g/mol. The van der Waals surface area contributed by atoms with Crippen molar-refractivity contribution in [2.24, 2.45) is 11.1 Å². The molecule has 0 saturated carbocycles. The number of carbonyl (C=O) groups excluding carboxylic acids is 1. The molecule has 1 aromatic carbocycles. The zero-order chi connectivity index (χ0) is 13.8. The fraction of sp³-hybridized carbons (Fsp3) is 0.500. The van der Waals surface area contributed by atoms with Gasteiger partial charge in [0.15, 0.2) is 17.3 Å². The van der Waals surface area contributed by atoms with Crippen LogP contribution in [0.2, 0.25) is 0 Å². The number of benzene rings is 1. The van der Waals surface area contributed by atoms with Crippen molar-refractivity contribution in [2.45, 2.75) is 20.3 Å². The van der Waals surface area contributed by atoms with Gasteiger partial charge in [0.05, 0.1) is 14.2 Å². The van der Waals surface area contributed by atoms with Crippen LogP contribution >= 0.6 is 0 Å². The molecule has 0 saturated heterocycles. The van der Waals surface area contributed by atoms with E-state index in [9.17, 15) is 4.79 Å². The van der Waals surface area contributed by atoms with Crippen LogP contribution in [-0.2, 0) is 0 Å². The van der Waals surface area contributed by atoms with Gasteiger partial charge in [0, 0.05) is 17.5 Å². The van der Waals surface area contributed by atoms with Crippen molar-refractivity contribution < 1.29 is 14.3 Å². The molecule has 4 heteroatoms. The number of methoxy groups -OCH3 is 2. The molecule has 0 fully saturated rings. The molecular formula is C14H21NO3. The van der Waals surface area contributed by atoms with Crippen molar-refractivity contribution >= 4 is 5.78 Å². The highest BCUT2D eigenvalue weighted by molar-refractivity contribution is 6.01. The Morgan fingerprint density at radius 3 is 2.33 bits per heavy atom. The van der Waals surface area contributed by atoms with Crippen LogP contribution < -0.4 is 15.2 Å². The highest BCUT2D eigenvalue weighted by atomic mass is 16.5. The van der Waals surface area contributed by atoms with Gasteiger partial charge in [0.2, 0.25) is 0 Å². The maximum Gasteiger partial charge on any atom is 0.170 e. The van der Waals surface area contributed by atoms with E-state index in [1.54, 1.807) is 32.4 Å². The van der Waals surface area contributed by atoms with Crippen LogP contribution in [0.25, 0.3) is 0 Å². The van der Waals surface area contributed by atoms with E-state index in [-0.39, 0.29) is 5.78 Å². The molecule has 0 spiro atoms. The van der Waals surface area contributed by atoms with Crippen LogP contribution in [0.1, 0.15) is 30.6 Å². The van der Waals surface area contributed by atoms with Crippen LogP contribution in [0.3, 0.4) is 0 Å². The number of ether oxygens (including phenoxy) is 2. The van der Waals surface area contributed by atoms with E-state index in [4.69, 9.17) is 15.2 Å². The van der Waals surface area contributed by atoms with E-state index in [1.807, 2.05) is 13.8 Å². The van der Waals surface area contributed by atoms with E-state index < -0.39 is 5.41 Å². The zero-order valence-electron chi connectivity index (χ0n) is 11.4. The predicted molar refractivity (Wildman–Crippen MR) is 71.3 cm³/mol. The molecule has 2 N–H and O–H groups in total. The van der Waals surface area contributed by atoms with Crippen molar-refractivity contribution in [1.82, 2.24) is 0 Å². The first-order chi connectivity index (χ1) is 8.52. The summed E-state index contributed by atoms with van der Waals surface area (Å²) in [5.41, 5.74) is 5.78. The van der Waals surface area contributed by atoms with Gasteiger partial charge in [-0.1, -0.05) is 13.8 Å². The molecule has 0 aliphatic heterocycles. The standard InChI is InChI=1S/C14H21NO3/c1-5-14(2,9-15)13(16)10-6-7-11(17-3)12(8-10)18-4/h6-8H,5,9,15H2,1-4H3. The van der Waals surface area contributed by atoms with Crippen molar-refractivity contribution in [3.8, 4) is 11.5 Å². The third-order valence-electron chi connectivity index (χ3n) is 3.42. The Morgan fingerprint density at radius 2 is 1.89 bits per heavy atom. The van der Waals surface area contributed by atoms with Gasteiger partial charge in [-0.15, -0.1) is 0 Å². The molecule has 1 unspecified atom stereocenters. The molecule has 0 bridgehead atoms. The van der Waals surface area contributed by atoms with Crippen LogP contribution in [0.5, 0.6) is 11.5 Å². The Labute approximate surface area is 108 Å². The number of hydrogen-bond acceptors (Lipinski definition) is 4. The van der Waals surface area contributed by atoms with Crippen molar-refractivity contribution in [3.63, 3.8) is 0 Å². The normalized spacial score (nSPS) is 13.8. The lowest BCUT2D eigenvalue weighted by Gasteiger charge is -2.25. The minimum atomic E-state index is -0.528. The number of rotatable bonds is 6. The topological polar surface area (TPSA) is 61.6 Å². The third kappa shape index (κ3) is 2.64. The summed E-state index contributed by atoms with van der Waals surface area (Å²) in [7, 11) is 3.11. The van der Waals surface area contributed by atoms with E-state index in [0.717, 1.165) is 0 Å². The van der Waals surface area contributed by atoms with E-state index in [2.05, 4.69) is 0 Å². The molecule has 1 rings (SSSR count). The number of hydrogen-bond donors (Lipinski definition) is 1. The quantitative estimate of drug-likeness (QED) is 0.788. The summed E-state index contributed by atoms with van der Waals surface area (Å²) in [5, 5.41) is 0. The smallest absolute Gasteiger partial charge is 0.170 e. The maximum absolute atomic E-state index is 12.4. The Hall–Kier alpha value is -1.55. The molecule has 1 aromatic rings. The summed E-state index contributed by atoms with van der Waals surface area (Å²) in [6.07, 6.45) is 0.705. The first kappa shape index (κ1) is 14.5. The zero-order valence-corrected chi connectivity index (χ0v) is 11.4. The Kier molecular flexibility index (Phi) is 4.73. The molecule has 18 heavy (non-hydrogen) atoms. The monoisotopic (exact) mass is 251 g/mol. The van der Waals surface area contributed by atoms with Gasteiger partial charge in [-0.2, -0.15) is 0 Å². The minimum Gasteiger partial charge on any atom is -0.493 e. The van der Waals surface area contributed by atoms with Crippen LogP contribution in [0, 0.1) is 5.41 Å². The van der Waals surface area contributed by atoms with E-state index in [0.29, 0.717) is 30.0 Å². The number of Topliss-reactive ketones (excluding diaryl/α,β-unsaturated/α-hetero) is 1. The summed E-state index contributed by atoms with van der Waals surface area (Å²) in [5.74, 6) is 1.20. The molecule has 0 amide bonds. The van der Waals surface area contributed by atoms with Crippen molar-refractivity contribution in [2.75, 3.05) is 20.8 Å². The summed E-state index contributed by atoms with van der Waals surface area (Å²) in [6.45, 7) is 4.17. The van der Waals surface area contributed by atoms with Crippen LogP contribution in [-0.4, -0.2) is 26.5 Å². The van der Waals surface area contributed by atoms with Gasteiger partial charge in [-0.3, -0.25) is 4.79 Å². The van der Waals surface area contributed by atoms with Gasteiger partial charge >= 0.3 is 0 Å². The second kappa shape index (κ2) is 5.87. The first-order valence-corrected chi connectivity index (χ1v) is 5.99. The summed E-state index contributed by atoms with van der Waals surface area (Å²) < 4.78 is 10.3. The van der Waals surface area contributed by atoms with E-state index in [1.165, 1.54) is 0 Å². The lowest BCUT2D eigenvalue weighted by atomic mass is 9.80. The highest BCUT2D eigenvalue weighted by Crippen LogP contribution is 2.31. The van der Waals surface area contributed by atoms with E-state index >= 15 is 0 Å². The van der Waals surface area contributed by atoms with Gasteiger partial charge in [0.1, 0.15) is 0 Å². The molecule has 0 aliphatic rings. The van der Waals surface area contributed by atoms with Crippen molar-refractivity contribution in [3.05, 3.63) is 23.8 Å². The molecule has 0 aromatic heterocycles.